The lowest BCUT2D eigenvalue weighted by atomic mass is 9.80. The summed E-state index contributed by atoms with van der Waals surface area (Å²) in [4.78, 5) is 29.6. The molecule has 11 heteroatoms. The minimum atomic E-state index is -1.01. The number of hydrogen-bond donors (Lipinski definition) is 2. The van der Waals surface area contributed by atoms with Crippen molar-refractivity contribution in [3.05, 3.63) is 59.4 Å². The van der Waals surface area contributed by atoms with Crippen LogP contribution < -0.4 is 14.8 Å². The second-order valence-electron chi connectivity index (χ2n) is 16.0. The summed E-state index contributed by atoms with van der Waals surface area (Å²) in [5.41, 5.74) is -0.0537. The van der Waals surface area contributed by atoms with Crippen LogP contribution in [-0.4, -0.2) is 79.5 Å². The molecule has 292 valence electrons. The predicted octanol–water partition coefficient (Wildman–Crippen LogP) is 7.71. The molecule has 5 atom stereocenters. The number of hydrogen-bond acceptors (Lipinski definition) is 8. The maximum absolute atomic E-state index is 14.0. The van der Waals surface area contributed by atoms with Gasteiger partial charge >= 0.3 is 6.09 Å². The maximum atomic E-state index is 14.0. The third-order valence-electron chi connectivity index (χ3n) is 9.73. The molecule has 2 N–H and O–H groups in total. The molecule has 1 saturated heterocycles. The first-order valence-electron chi connectivity index (χ1n) is 18.6. The quantitative estimate of drug-likeness (QED) is 0.150. The van der Waals surface area contributed by atoms with Crippen LogP contribution in [0.1, 0.15) is 98.7 Å². The summed E-state index contributed by atoms with van der Waals surface area (Å²) >= 11 is 0. The summed E-state index contributed by atoms with van der Waals surface area (Å²) in [6.07, 6.45) is 1.45. The number of carbonyl (C=O) groups is 2. The summed E-state index contributed by atoms with van der Waals surface area (Å²) in [6, 6.07) is 10.6. The molecule has 52 heavy (non-hydrogen) atoms. The van der Waals surface area contributed by atoms with Crippen molar-refractivity contribution >= 4 is 12.0 Å². The average molecular weight is 731 g/mol. The molecule has 0 radical (unpaired) electrons. The van der Waals surface area contributed by atoms with Gasteiger partial charge in [0.15, 0.2) is 11.5 Å². The minimum absolute atomic E-state index is 0.0852. The fourth-order valence-electron chi connectivity index (χ4n) is 6.89. The van der Waals surface area contributed by atoms with E-state index < -0.39 is 47.3 Å². The largest absolute Gasteiger partial charge is 0.493 e. The summed E-state index contributed by atoms with van der Waals surface area (Å²) in [5.74, 6) is 0.454. The van der Waals surface area contributed by atoms with Crippen molar-refractivity contribution in [1.82, 2.24) is 10.2 Å². The molecule has 0 aromatic heterocycles. The fraction of sp³-hybridized carbons (Fsp3) is 0.659. The number of amides is 2. The van der Waals surface area contributed by atoms with Gasteiger partial charge in [0.25, 0.3) is 0 Å². The van der Waals surface area contributed by atoms with Gasteiger partial charge in [0, 0.05) is 26.1 Å². The maximum Gasteiger partial charge on any atom is 0.412 e. The Labute approximate surface area is 310 Å². The molecule has 0 bridgehead atoms. The SMILES string of the molecule is COCCCOc1cc(C[C@@H](C[C@H]2[C@H](C[C@H](C(=O)N[C@H](CO)c3ccc(F)cc3)C(C)C)OC(C)(C)N2C(=O)OC(C)(C)C)C(C)C)ccc1OC. The second-order valence-corrected chi connectivity index (χ2v) is 16.0. The normalized spacial score (nSPS) is 19.0. The van der Waals surface area contributed by atoms with Gasteiger partial charge in [-0.05, 0) is 107 Å². The lowest BCUT2D eigenvalue weighted by molar-refractivity contribution is -0.130. The minimum Gasteiger partial charge on any atom is -0.493 e. The number of nitrogens with one attached hydrogen (secondary N) is 1. The Morgan fingerprint density at radius 1 is 0.981 bits per heavy atom. The standard InChI is InChI=1S/C41H63FN2O8/c1-26(2)30(21-28-13-18-35(49-11)37(22-28)50-20-12-19-48-10)23-34-36(51-41(8,9)44(34)39(47)52-40(5,6)7)24-32(27(3)4)38(46)43-33(25-45)29-14-16-31(42)17-15-29/h13-18,22,26-27,30,32-34,36,45H,12,19-21,23-25H2,1-11H3,(H,43,46)/t30-,32-,33+,34-,36-/m0/s1. The van der Waals surface area contributed by atoms with Gasteiger partial charge in [-0.1, -0.05) is 45.9 Å². The Morgan fingerprint density at radius 3 is 2.21 bits per heavy atom. The Bertz CT molecular complexity index is 1420. The van der Waals surface area contributed by atoms with Crippen LogP contribution in [0.3, 0.4) is 0 Å². The lowest BCUT2D eigenvalue weighted by Crippen LogP contribution is -2.51. The molecule has 2 aromatic carbocycles. The number of aliphatic hydroxyl groups is 1. The van der Waals surface area contributed by atoms with Gasteiger partial charge < -0.3 is 34.1 Å². The van der Waals surface area contributed by atoms with E-state index in [0.29, 0.717) is 49.5 Å². The number of methoxy groups -OCH3 is 2. The van der Waals surface area contributed by atoms with E-state index >= 15 is 0 Å². The van der Waals surface area contributed by atoms with Crippen LogP contribution in [0.5, 0.6) is 11.5 Å². The number of benzene rings is 2. The highest BCUT2D eigenvalue weighted by molar-refractivity contribution is 5.79. The first-order valence-corrected chi connectivity index (χ1v) is 18.6. The highest BCUT2D eigenvalue weighted by Crippen LogP contribution is 2.42. The van der Waals surface area contributed by atoms with Gasteiger partial charge in [-0.2, -0.15) is 0 Å². The third kappa shape index (κ3) is 12.1. The third-order valence-corrected chi connectivity index (χ3v) is 9.73. The monoisotopic (exact) mass is 730 g/mol. The highest BCUT2D eigenvalue weighted by atomic mass is 19.1. The van der Waals surface area contributed by atoms with Crippen LogP contribution in [0, 0.1) is 29.5 Å². The van der Waals surface area contributed by atoms with Crippen molar-refractivity contribution in [2.75, 3.05) is 34.0 Å². The lowest BCUT2D eigenvalue weighted by Gasteiger charge is -2.37. The molecule has 1 aliphatic heterocycles. The van der Waals surface area contributed by atoms with Crippen LogP contribution in [-0.2, 0) is 25.4 Å². The zero-order chi connectivity index (χ0) is 38.8. The first kappa shape index (κ1) is 43.0. The van der Waals surface area contributed by atoms with Crippen LogP contribution >= 0.6 is 0 Å². The van der Waals surface area contributed by atoms with Crippen molar-refractivity contribution in [3.8, 4) is 11.5 Å². The van der Waals surface area contributed by atoms with E-state index in [2.05, 4.69) is 19.2 Å². The Kier molecular flexibility index (Phi) is 15.8. The molecule has 1 fully saturated rings. The molecule has 0 aliphatic carbocycles. The second kappa shape index (κ2) is 19.1. The summed E-state index contributed by atoms with van der Waals surface area (Å²) in [6.45, 7) is 18.3. The molecular weight excluding hydrogens is 667 g/mol. The van der Waals surface area contributed by atoms with Gasteiger partial charge in [-0.25, -0.2) is 9.18 Å². The molecular formula is C41H63FN2O8. The molecule has 0 unspecified atom stereocenters. The van der Waals surface area contributed by atoms with E-state index in [1.54, 1.807) is 31.3 Å². The number of halogens is 1. The van der Waals surface area contributed by atoms with Crippen LogP contribution in [0.25, 0.3) is 0 Å². The molecule has 3 rings (SSSR count). The van der Waals surface area contributed by atoms with Gasteiger partial charge in [-0.3, -0.25) is 9.69 Å². The number of aliphatic hydroxyl groups excluding tert-OH is 1. The molecule has 2 aromatic rings. The highest BCUT2D eigenvalue weighted by Gasteiger charge is 2.52. The first-order chi connectivity index (χ1) is 24.4. The smallest absolute Gasteiger partial charge is 0.412 e. The van der Waals surface area contributed by atoms with Crippen molar-refractivity contribution in [2.45, 2.75) is 118 Å². The van der Waals surface area contributed by atoms with Crippen LogP contribution in [0.4, 0.5) is 9.18 Å². The Balaban J connectivity index is 1.95. The number of carbonyl (C=O) groups excluding carboxylic acids is 2. The molecule has 0 spiro atoms. The molecule has 1 aliphatic rings. The van der Waals surface area contributed by atoms with Gasteiger partial charge in [-0.15, -0.1) is 0 Å². The van der Waals surface area contributed by atoms with E-state index in [4.69, 9.17) is 23.7 Å². The van der Waals surface area contributed by atoms with Crippen LogP contribution in [0.15, 0.2) is 42.5 Å². The number of nitrogens with zero attached hydrogens (tertiary/aromatic N) is 1. The van der Waals surface area contributed by atoms with Crippen LogP contribution in [0.2, 0.25) is 0 Å². The van der Waals surface area contributed by atoms with Gasteiger partial charge in [0.05, 0.1) is 38.5 Å². The van der Waals surface area contributed by atoms with E-state index in [1.807, 2.05) is 66.7 Å². The van der Waals surface area contributed by atoms with Gasteiger partial charge in [0.1, 0.15) is 17.1 Å². The van der Waals surface area contributed by atoms with Crippen molar-refractivity contribution in [2.24, 2.45) is 23.7 Å². The van der Waals surface area contributed by atoms with E-state index in [0.717, 1.165) is 12.0 Å². The topological polar surface area (TPSA) is 116 Å². The van der Waals surface area contributed by atoms with E-state index in [-0.39, 0.29) is 30.3 Å². The molecule has 2 amide bonds. The zero-order valence-corrected chi connectivity index (χ0v) is 33.2. The van der Waals surface area contributed by atoms with E-state index in [1.165, 1.54) is 12.1 Å². The van der Waals surface area contributed by atoms with Crippen molar-refractivity contribution in [3.63, 3.8) is 0 Å². The van der Waals surface area contributed by atoms with E-state index in [9.17, 15) is 19.1 Å². The zero-order valence-electron chi connectivity index (χ0n) is 33.2. The molecule has 10 nitrogen and oxygen atoms in total. The molecule has 0 saturated carbocycles. The predicted molar refractivity (Wildman–Crippen MR) is 200 cm³/mol. The van der Waals surface area contributed by atoms with Crippen molar-refractivity contribution in [1.29, 1.82) is 0 Å². The number of rotatable bonds is 18. The number of ether oxygens (including phenoxy) is 5. The summed E-state index contributed by atoms with van der Waals surface area (Å²) < 4.78 is 43.1. The Morgan fingerprint density at radius 2 is 1.65 bits per heavy atom. The fourth-order valence-corrected chi connectivity index (χ4v) is 6.89. The average Bonchev–Trinajstić information content (AvgIpc) is 3.32. The van der Waals surface area contributed by atoms with Gasteiger partial charge in [0.2, 0.25) is 5.91 Å². The summed E-state index contributed by atoms with van der Waals surface area (Å²) in [7, 11) is 3.29. The Hall–Kier alpha value is -3.41. The summed E-state index contributed by atoms with van der Waals surface area (Å²) in [5, 5.41) is 13.2. The van der Waals surface area contributed by atoms with Crippen molar-refractivity contribution < 1.29 is 42.8 Å². The molecule has 1 heterocycles.